The van der Waals surface area contributed by atoms with Crippen LogP contribution >= 0.6 is 0 Å². The number of nitrogens with one attached hydrogen (secondary N) is 1. The van der Waals surface area contributed by atoms with Crippen LogP contribution in [-0.2, 0) is 14.4 Å². The lowest BCUT2D eigenvalue weighted by atomic mass is 9.79. The molecule has 2 aromatic rings. The van der Waals surface area contributed by atoms with E-state index in [1.807, 2.05) is 42.5 Å². The molecule has 0 unspecified atom stereocenters. The molecule has 0 aromatic heterocycles. The molecule has 5 rings (SSSR count). The van der Waals surface area contributed by atoms with Gasteiger partial charge in [0.2, 0.25) is 11.8 Å². The molecule has 2 N–H and O–H groups in total. The highest BCUT2D eigenvalue weighted by atomic mass is 16.4. The molecule has 1 atom stereocenters. The molecule has 182 valence electrons. The maximum absolute atomic E-state index is 13.5. The fourth-order valence-electron chi connectivity index (χ4n) is 5.78. The van der Waals surface area contributed by atoms with E-state index in [0.717, 1.165) is 36.8 Å². The molecule has 2 heterocycles. The standard InChI is InChI=1S/C27H29N3O5/c31-23(15-27(16-24(32)33)10-4-5-11-27)29-12-13-30-22(17-29)25(34)28-21-9-8-19(14-20(21)26(30)35)18-6-2-1-3-7-18/h1-3,6-9,14,22H,4-5,10-13,15-17H2,(H,28,34)(H,32,33)/t22-/m0/s1. The van der Waals surface area contributed by atoms with Crippen molar-refractivity contribution in [2.75, 3.05) is 25.0 Å². The summed E-state index contributed by atoms with van der Waals surface area (Å²) in [6.07, 6.45) is 3.47. The van der Waals surface area contributed by atoms with Crippen molar-refractivity contribution in [1.82, 2.24) is 9.80 Å². The molecule has 3 aliphatic rings. The molecule has 8 nitrogen and oxygen atoms in total. The zero-order valence-corrected chi connectivity index (χ0v) is 19.5. The summed E-state index contributed by atoms with van der Waals surface area (Å²) in [5.41, 5.74) is 2.27. The first kappa shape index (κ1) is 23.1. The lowest BCUT2D eigenvalue weighted by Crippen LogP contribution is -2.59. The average Bonchev–Trinajstić information content (AvgIpc) is 3.27. The van der Waals surface area contributed by atoms with Crippen LogP contribution in [0.25, 0.3) is 11.1 Å². The summed E-state index contributed by atoms with van der Waals surface area (Å²) >= 11 is 0. The Morgan fingerprint density at radius 2 is 1.71 bits per heavy atom. The maximum atomic E-state index is 13.5. The smallest absolute Gasteiger partial charge is 0.303 e. The van der Waals surface area contributed by atoms with Gasteiger partial charge in [-0.3, -0.25) is 19.2 Å². The zero-order valence-electron chi connectivity index (χ0n) is 19.5. The second kappa shape index (κ2) is 9.17. The van der Waals surface area contributed by atoms with E-state index in [2.05, 4.69) is 5.32 Å². The van der Waals surface area contributed by atoms with Gasteiger partial charge in [0.05, 0.1) is 24.2 Å². The van der Waals surface area contributed by atoms with Gasteiger partial charge in [-0.15, -0.1) is 0 Å². The van der Waals surface area contributed by atoms with Gasteiger partial charge in [-0.1, -0.05) is 49.2 Å². The Kier molecular flexibility index (Phi) is 6.05. The Labute approximate surface area is 203 Å². The van der Waals surface area contributed by atoms with Crippen molar-refractivity contribution in [1.29, 1.82) is 0 Å². The molecule has 35 heavy (non-hydrogen) atoms. The summed E-state index contributed by atoms with van der Waals surface area (Å²) in [5, 5.41) is 12.2. The lowest BCUT2D eigenvalue weighted by molar-refractivity contribution is -0.142. The van der Waals surface area contributed by atoms with Gasteiger partial charge < -0.3 is 20.2 Å². The monoisotopic (exact) mass is 475 g/mol. The van der Waals surface area contributed by atoms with E-state index in [0.29, 0.717) is 17.8 Å². The summed E-state index contributed by atoms with van der Waals surface area (Å²) in [6.45, 7) is 0.688. The Morgan fingerprint density at radius 1 is 0.971 bits per heavy atom. The number of carboxylic acids is 1. The first-order valence-corrected chi connectivity index (χ1v) is 12.2. The van der Waals surface area contributed by atoms with Crippen molar-refractivity contribution >= 4 is 29.4 Å². The molecule has 1 aliphatic carbocycles. The largest absolute Gasteiger partial charge is 0.481 e. The molecule has 1 saturated carbocycles. The van der Waals surface area contributed by atoms with Crippen molar-refractivity contribution in [3.63, 3.8) is 0 Å². The number of benzene rings is 2. The summed E-state index contributed by atoms with van der Waals surface area (Å²) < 4.78 is 0. The first-order chi connectivity index (χ1) is 16.8. The van der Waals surface area contributed by atoms with Crippen LogP contribution in [0.5, 0.6) is 0 Å². The van der Waals surface area contributed by atoms with Gasteiger partial charge in [0.15, 0.2) is 0 Å². The number of nitrogens with zero attached hydrogens (tertiary/aromatic N) is 2. The van der Waals surface area contributed by atoms with Crippen molar-refractivity contribution in [2.45, 2.75) is 44.6 Å². The number of hydrogen-bond acceptors (Lipinski definition) is 4. The number of anilines is 1. The number of carbonyl (C=O) groups excluding carboxylic acids is 3. The Balaban J connectivity index is 1.35. The van der Waals surface area contributed by atoms with Crippen LogP contribution in [0, 0.1) is 5.41 Å². The number of aliphatic carboxylic acids is 1. The number of hydrogen-bond donors (Lipinski definition) is 2. The maximum Gasteiger partial charge on any atom is 0.303 e. The molecule has 1 saturated heterocycles. The Bertz CT molecular complexity index is 1170. The van der Waals surface area contributed by atoms with Crippen LogP contribution in [0.2, 0.25) is 0 Å². The number of carbonyl (C=O) groups is 4. The van der Waals surface area contributed by atoms with Gasteiger partial charge in [-0.05, 0) is 41.5 Å². The Hall–Kier alpha value is -3.68. The minimum absolute atomic E-state index is 0.0137. The summed E-state index contributed by atoms with van der Waals surface area (Å²) in [4.78, 5) is 54.4. The topological polar surface area (TPSA) is 107 Å². The summed E-state index contributed by atoms with van der Waals surface area (Å²) in [6, 6.07) is 14.4. The first-order valence-electron chi connectivity index (χ1n) is 12.2. The van der Waals surface area contributed by atoms with Gasteiger partial charge in [-0.25, -0.2) is 0 Å². The second-order valence-electron chi connectivity index (χ2n) is 9.92. The van der Waals surface area contributed by atoms with Crippen LogP contribution in [0.1, 0.15) is 48.9 Å². The predicted molar refractivity (Wildman–Crippen MR) is 130 cm³/mol. The van der Waals surface area contributed by atoms with E-state index in [9.17, 15) is 24.3 Å². The van der Waals surface area contributed by atoms with Crippen molar-refractivity contribution in [3.8, 4) is 11.1 Å². The van der Waals surface area contributed by atoms with Gasteiger partial charge in [0.1, 0.15) is 6.04 Å². The molecule has 8 heteroatoms. The molecule has 3 amide bonds. The third-order valence-corrected chi connectivity index (χ3v) is 7.63. The highest BCUT2D eigenvalue weighted by Crippen LogP contribution is 2.44. The van der Waals surface area contributed by atoms with E-state index in [1.54, 1.807) is 15.9 Å². The molecule has 0 radical (unpaired) electrons. The highest BCUT2D eigenvalue weighted by molar-refractivity contribution is 6.10. The van der Waals surface area contributed by atoms with E-state index in [1.165, 1.54) is 0 Å². The van der Waals surface area contributed by atoms with Gasteiger partial charge in [0, 0.05) is 19.5 Å². The van der Waals surface area contributed by atoms with Crippen molar-refractivity contribution in [3.05, 3.63) is 54.1 Å². The van der Waals surface area contributed by atoms with E-state index in [-0.39, 0.29) is 43.7 Å². The normalized spacial score (nSPS) is 21.1. The van der Waals surface area contributed by atoms with Crippen molar-refractivity contribution in [2.24, 2.45) is 5.41 Å². The Morgan fingerprint density at radius 3 is 2.43 bits per heavy atom. The predicted octanol–water partition coefficient (Wildman–Crippen LogP) is 3.38. The minimum Gasteiger partial charge on any atom is -0.481 e. The number of piperazine rings is 1. The third-order valence-electron chi connectivity index (χ3n) is 7.63. The van der Waals surface area contributed by atoms with E-state index in [4.69, 9.17) is 0 Å². The van der Waals surface area contributed by atoms with Crippen molar-refractivity contribution < 1.29 is 24.3 Å². The molecular weight excluding hydrogens is 446 g/mol. The van der Waals surface area contributed by atoms with Gasteiger partial charge in [-0.2, -0.15) is 0 Å². The second-order valence-corrected chi connectivity index (χ2v) is 9.92. The molecule has 2 aliphatic heterocycles. The summed E-state index contributed by atoms with van der Waals surface area (Å²) in [7, 11) is 0. The molecular formula is C27H29N3O5. The van der Waals surface area contributed by atoms with Crippen LogP contribution in [0.4, 0.5) is 5.69 Å². The fourth-order valence-corrected chi connectivity index (χ4v) is 5.78. The molecule has 2 aromatic carbocycles. The fraction of sp³-hybridized carbons (Fsp3) is 0.407. The van der Waals surface area contributed by atoms with E-state index < -0.39 is 17.4 Å². The number of fused-ring (bicyclic) bond motifs is 2. The van der Waals surface area contributed by atoms with Crippen LogP contribution < -0.4 is 5.32 Å². The van der Waals surface area contributed by atoms with Crippen LogP contribution in [-0.4, -0.2) is 64.3 Å². The minimum atomic E-state index is -0.883. The number of rotatable bonds is 5. The van der Waals surface area contributed by atoms with Crippen LogP contribution in [0.15, 0.2) is 48.5 Å². The molecule has 0 spiro atoms. The van der Waals surface area contributed by atoms with Gasteiger partial charge in [0.25, 0.3) is 5.91 Å². The lowest BCUT2D eigenvalue weighted by Gasteiger charge is -2.40. The SMILES string of the molecule is O=C(O)CC1(CC(=O)N2CCN3C(=O)c4cc(-c5ccccc5)ccc4NC(=O)[C@@H]3C2)CCCC1. The number of amides is 3. The average molecular weight is 476 g/mol. The highest BCUT2D eigenvalue weighted by Gasteiger charge is 2.43. The van der Waals surface area contributed by atoms with E-state index >= 15 is 0 Å². The quantitative estimate of drug-likeness (QED) is 0.690. The van der Waals surface area contributed by atoms with Gasteiger partial charge >= 0.3 is 5.97 Å². The third kappa shape index (κ3) is 4.52. The van der Waals surface area contributed by atoms with Crippen LogP contribution in [0.3, 0.4) is 0 Å². The summed E-state index contributed by atoms with van der Waals surface area (Å²) in [5.74, 6) is -1.57. The molecule has 0 bridgehead atoms. The molecule has 2 fully saturated rings. The zero-order chi connectivity index (χ0) is 24.6. The number of carboxylic acid groups (broad SMARTS) is 1.